The normalized spacial score (nSPS) is 14.3. The molecule has 0 saturated carbocycles. The summed E-state index contributed by atoms with van der Waals surface area (Å²) in [5, 5.41) is -0.566. The van der Waals surface area contributed by atoms with E-state index in [9.17, 15) is 21.6 Å². The van der Waals surface area contributed by atoms with Gasteiger partial charge in [0.2, 0.25) is 10.0 Å². The Bertz CT molecular complexity index is 932. The van der Waals surface area contributed by atoms with Crippen molar-refractivity contribution in [1.29, 1.82) is 0 Å². The Morgan fingerprint density at radius 1 is 1.04 bits per heavy atom. The molecule has 10 heteroatoms. The van der Waals surface area contributed by atoms with E-state index in [4.69, 9.17) is 21.1 Å². The van der Waals surface area contributed by atoms with Crippen LogP contribution >= 0.6 is 11.6 Å². The zero-order valence-corrected chi connectivity index (χ0v) is 14.7. The molecule has 2 aromatic rings. The van der Waals surface area contributed by atoms with Gasteiger partial charge in [0.25, 0.3) is 0 Å². The Morgan fingerprint density at radius 2 is 1.73 bits per heavy atom. The van der Waals surface area contributed by atoms with E-state index in [1.165, 1.54) is 0 Å². The van der Waals surface area contributed by atoms with Crippen LogP contribution in [0.5, 0.6) is 11.5 Å². The molecule has 5 nitrogen and oxygen atoms in total. The molecule has 0 aliphatic carbocycles. The number of benzene rings is 2. The van der Waals surface area contributed by atoms with Gasteiger partial charge in [-0.15, -0.1) is 0 Å². The molecule has 0 saturated heterocycles. The Morgan fingerprint density at radius 3 is 2.42 bits per heavy atom. The number of hydrogen-bond acceptors (Lipinski definition) is 4. The average Bonchev–Trinajstić information content (AvgIpc) is 2.59. The topological polar surface area (TPSA) is 64.6 Å². The molecule has 140 valence electrons. The van der Waals surface area contributed by atoms with Crippen molar-refractivity contribution in [1.82, 2.24) is 4.72 Å². The maximum absolute atomic E-state index is 12.9. The summed E-state index contributed by atoms with van der Waals surface area (Å²) in [6.45, 7) is 0.688. The smallest absolute Gasteiger partial charge is 0.417 e. The van der Waals surface area contributed by atoms with E-state index < -0.39 is 31.7 Å². The second-order valence-electron chi connectivity index (χ2n) is 5.44. The fraction of sp³-hybridized carbons (Fsp3) is 0.250. The summed E-state index contributed by atoms with van der Waals surface area (Å²) in [5.74, 6) is 1.04. The quantitative estimate of drug-likeness (QED) is 0.841. The van der Waals surface area contributed by atoms with Crippen molar-refractivity contribution >= 4 is 21.6 Å². The lowest BCUT2D eigenvalue weighted by atomic mass is 10.2. The summed E-state index contributed by atoms with van der Waals surface area (Å²) in [7, 11) is -4.16. The van der Waals surface area contributed by atoms with E-state index >= 15 is 0 Å². The van der Waals surface area contributed by atoms with Crippen molar-refractivity contribution in [2.75, 3.05) is 13.2 Å². The third-order valence-corrected chi connectivity index (χ3v) is 5.35. The highest BCUT2D eigenvalue weighted by Crippen LogP contribution is 2.36. The van der Waals surface area contributed by atoms with Gasteiger partial charge in [0.05, 0.1) is 15.5 Å². The zero-order valence-electron chi connectivity index (χ0n) is 13.1. The summed E-state index contributed by atoms with van der Waals surface area (Å²) < 4.78 is 76.4. The Kier molecular flexibility index (Phi) is 5.05. The first-order chi connectivity index (χ1) is 12.2. The molecule has 0 radical (unpaired) electrons. The third-order valence-electron chi connectivity index (χ3n) is 3.63. The number of halogens is 4. The highest BCUT2D eigenvalue weighted by atomic mass is 35.5. The lowest BCUT2D eigenvalue weighted by molar-refractivity contribution is -0.137. The van der Waals surface area contributed by atoms with Gasteiger partial charge in [-0.2, -0.15) is 13.2 Å². The first-order valence-corrected chi connectivity index (χ1v) is 9.28. The predicted octanol–water partition coefficient (Wildman–Crippen LogP) is 3.61. The molecular weight excluding hydrogens is 395 g/mol. The fourth-order valence-electron chi connectivity index (χ4n) is 2.35. The second-order valence-corrected chi connectivity index (χ2v) is 7.62. The molecule has 0 aromatic heterocycles. The van der Waals surface area contributed by atoms with Gasteiger partial charge in [-0.1, -0.05) is 17.7 Å². The van der Waals surface area contributed by atoms with Crippen LogP contribution in [0.2, 0.25) is 5.02 Å². The van der Waals surface area contributed by atoms with Gasteiger partial charge in [0.15, 0.2) is 11.5 Å². The molecule has 0 spiro atoms. The van der Waals surface area contributed by atoms with Gasteiger partial charge in [-0.05, 0) is 35.9 Å². The van der Waals surface area contributed by atoms with Crippen molar-refractivity contribution in [2.45, 2.75) is 17.6 Å². The molecule has 0 unspecified atom stereocenters. The van der Waals surface area contributed by atoms with Gasteiger partial charge in [-0.3, -0.25) is 0 Å². The predicted molar refractivity (Wildman–Crippen MR) is 87.9 cm³/mol. The number of rotatable bonds is 4. The number of ether oxygens (including phenoxy) is 2. The molecule has 1 aliphatic heterocycles. The highest BCUT2D eigenvalue weighted by Gasteiger charge is 2.34. The molecule has 2 aromatic carbocycles. The molecular formula is C16H13ClF3NO4S. The van der Waals surface area contributed by atoms with E-state index in [2.05, 4.69) is 4.72 Å². The third kappa shape index (κ3) is 4.05. The maximum Gasteiger partial charge on any atom is 0.417 e. The number of alkyl halides is 3. The van der Waals surface area contributed by atoms with Crippen molar-refractivity contribution in [3.63, 3.8) is 0 Å². The summed E-state index contributed by atoms with van der Waals surface area (Å²) in [6, 6.07) is 7.32. The Labute approximate surface area is 152 Å². The van der Waals surface area contributed by atoms with Crippen LogP contribution in [0.25, 0.3) is 0 Å². The minimum atomic E-state index is -4.75. The molecule has 0 bridgehead atoms. The Balaban J connectivity index is 1.79. The van der Waals surface area contributed by atoms with Crippen molar-refractivity contribution < 1.29 is 31.1 Å². The van der Waals surface area contributed by atoms with Crippen LogP contribution in [-0.2, 0) is 22.7 Å². The summed E-state index contributed by atoms with van der Waals surface area (Å²) >= 11 is 5.51. The number of fused-ring (bicyclic) bond motifs is 1. The van der Waals surface area contributed by atoms with Crippen molar-refractivity contribution in [3.05, 3.63) is 52.5 Å². The molecule has 0 fully saturated rings. The number of nitrogens with one attached hydrogen (secondary N) is 1. The SMILES string of the molecule is O=S(=O)(NCc1ccc2c(c1)OCCO2)c1ccc(Cl)c(C(F)(F)F)c1. The Hall–Kier alpha value is -1.97. The maximum atomic E-state index is 12.9. The second kappa shape index (κ2) is 6.98. The van der Waals surface area contributed by atoms with Crippen molar-refractivity contribution in [2.24, 2.45) is 0 Å². The van der Waals surface area contributed by atoms with Crippen molar-refractivity contribution in [3.8, 4) is 11.5 Å². The minimum absolute atomic E-state index is 0.122. The van der Waals surface area contributed by atoms with Crippen LogP contribution in [0.4, 0.5) is 13.2 Å². The van der Waals surface area contributed by atoms with Gasteiger partial charge >= 0.3 is 6.18 Å². The molecule has 26 heavy (non-hydrogen) atoms. The van der Waals surface area contributed by atoms with Crippen LogP contribution in [0.15, 0.2) is 41.3 Å². The van der Waals surface area contributed by atoms with E-state index in [-0.39, 0.29) is 6.54 Å². The highest BCUT2D eigenvalue weighted by molar-refractivity contribution is 7.89. The van der Waals surface area contributed by atoms with Crippen LogP contribution in [0.3, 0.4) is 0 Å². The largest absolute Gasteiger partial charge is 0.486 e. The van der Waals surface area contributed by atoms with E-state index in [1.807, 2.05) is 0 Å². The van der Waals surface area contributed by atoms with Gasteiger partial charge < -0.3 is 9.47 Å². The average molecular weight is 408 g/mol. The molecule has 1 heterocycles. The van der Waals surface area contributed by atoms with Crippen LogP contribution in [0.1, 0.15) is 11.1 Å². The first kappa shape index (κ1) is 18.8. The monoisotopic (exact) mass is 407 g/mol. The summed E-state index contributed by atoms with van der Waals surface area (Å²) in [4.78, 5) is -0.522. The first-order valence-electron chi connectivity index (χ1n) is 7.42. The molecule has 0 atom stereocenters. The van der Waals surface area contributed by atoms with E-state index in [0.717, 1.165) is 12.1 Å². The van der Waals surface area contributed by atoms with Gasteiger partial charge in [0, 0.05) is 6.54 Å². The van der Waals surface area contributed by atoms with Gasteiger partial charge in [0.1, 0.15) is 13.2 Å². The molecule has 0 amide bonds. The molecule has 1 aliphatic rings. The zero-order chi connectivity index (χ0) is 18.9. The number of hydrogen-bond donors (Lipinski definition) is 1. The minimum Gasteiger partial charge on any atom is -0.486 e. The lowest BCUT2D eigenvalue weighted by Gasteiger charge is -2.19. The van der Waals surface area contributed by atoms with Crippen LogP contribution in [0, 0.1) is 0 Å². The number of sulfonamides is 1. The van der Waals surface area contributed by atoms with E-state index in [0.29, 0.717) is 36.3 Å². The van der Waals surface area contributed by atoms with E-state index in [1.54, 1.807) is 18.2 Å². The molecule has 1 N–H and O–H groups in total. The standard InChI is InChI=1S/C16H13ClF3NO4S/c17-13-3-2-11(8-12(13)16(18,19)20)26(22,23)21-9-10-1-4-14-15(7-10)25-6-5-24-14/h1-4,7-8,21H,5-6,9H2. The molecule has 3 rings (SSSR count). The summed E-state index contributed by atoms with van der Waals surface area (Å²) in [6.07, 6.45) is -4.75. The van der Waals surface area contributed by atoms with Crippen LogP contribution in [-0.4, -0.2) is 21.6 Å². The van der Waals surface area contributed by atoms with Gasteiger partial charge in [-0.25, -0.2) is 13.1 Å². The summed E-state index contributed by atoms with van der Waals surface area (Å²) in [5.41, 5.74) is -0.635. The van der Waals surface area contributed by atoms with Crippen LogP contribution < -0.4 is 14.2 Å². The lowest BCUT2D eigenvalue weighted by Crippen LogP contribution is -2.24. The fourth-order valence-corrected chi connectivity index (χ4v) is 3.62.